The average molecular weight is 210 g/mol. The minimum absolute atomic E-state index is 0.698. The number of nitrogens with zero attached hydrogens (tertiary/aromatic N) is 3. The van der Waals surface area contributed by atoms with Gasteiger partial charge in [-0.05, 0) is 40.0 Å². The quantitative estimate of drug-likeness (QED) is 0.675. The van der Waals surface area contributed by atoms with Gasteiger partial charge in [-0.2, -0.15) is 0 Å². The minimum Gasteiger partial charge on any atom is -0.335 e. The second-order valence-corrected chi connectivity index (χ2v) is 4.13. The predicted octanol–water partition coefficient (Wildman–Crippen LogP) is 0.726. The lowest BCUT2D eigenvalue weighted by atomic mass is 10.2. The van der Waals surface area contributed by atoms with Crippen LogP contribution in [0.3, 0.4) is 0 Å². The lowest BCUT2D eigenvalue weighted by Gasteiger charge is -2.10. The summed E-state index contributed by atoms with van der Waals surface area (Å²) in [5, 5.41) is 0. The minimum atomic E-state index is 0.698. The van der Waals surface area contributed by atoms with Gasteiger partial charge in [0.1, 0.15) is 0 Å². The fourth-order valence-electron chi connectivity index (χ4n) is 1.62. The smallest absolute Gasteiger partial charge is 0.0948 e. The zero-order valence-electron chi connectivity index (χ0n) is 9.82. The van der Waals surface area contributed by atoms with Gasteiger partial charge < -0.3 is 15.2 Å². The SMILES string of the molecule is CN(C)CCCCn1cncc1CCN. The Morgan fingerprint density at radius 2 is 2.20 bits per heavy atom. The summed E-state index contributed by atoms with van der Waals surface area (Å²) in [4.78, 5) is 6.37. The second-order valence-electron chi connectivity index (χ2n) is 4.13. The second kappa shape index (κ2) is 6.58. The molecule has 0 saturated heterocycles. The normalized spacial score (nSPS) is 11.2. The zero-order valence-corrected chi connectivity index (χ0v) is 9.82. The van der Waals surface area contributed by atoms with E-state index < -0.39 is 0 Å². The first-order chi connectivity index (χ1) is 7.24. The molecule has 1 rings (SSSR count). The van der Waals surface area contributed by atoms with E-state index in [4.69, 9.17) is 5.73 Å². The van der Waals surface area contributed by atoms with Crippen LogP contribution in [0.25, 0.3) is 0 Å². The molecule has 1 aromatic heterocycles. The summed E-state index contributed by atoms with van der Waals surface area (Å²) in [6.45, 7) is 2.91. The third-order valence-electron chi connectivity index (χ3n) is 2.45. The van der Waals surface area contributed by atoms with Crippen molar-refractivity contribution in [1.82, 2.24) is 14.5 Å². The zero-order chi connectivity index (χ0) is 11.1. The highest BCUT2D eigenvalue weighted by atomic mass is 15.1. The van der Waals surface area contributed by atoms with E-state index in [2.05, 4.69) is 28.5 Å². The van der Waals surface area contributed by atoms with Crippen LogP contribution in [0.1, 0.15) is 18.5 Å². The van der Waals surface area contributed by atoms with Crippen molar-refractivity contribution < 1.29 is 0 Å². The molecule has 0 bridgehead atoms. The van der Waals surface area contributed by atoms with Crippen LogP contribution in [0.4, 0.5) is 0 Å². The Kier molecular flexibility index (Phi) is 5.36. The largest absolute Gasteiger partial charge is 0.335 e. The van der Waals surface area contributed by atoms with Gasteiger partial charge in [-0.15, -0.1) is 0 Å². The van der Waals surface area contributed by atoms with Gasteiger partial charge in [0.15, 0.2) is 0 Å². The standard InChI is InChI=1S/C11H22N4/c1-14(2)7-3-4-8-15-10-13-9-11(15)5-6-12/h9-10H,3-8,12H2,1-2H3. The molecule has 0 saturated carbocycles. The highest BCUT2D eigenvalue weighted by Crippen LogP contribution is 2.03. The van der Waals surface area contributed by atoms with Gasteiger partial charge in [0.25, 0.3) is 0 Å². The fourth-order valence-corrected chi connectivity index (χ4v) is 1.62. The number of aryl methyl sites for hydroxylation is 1. The maximum atomic E-state index is 5.54. The molecule has 0 aromatic carbocycles. The molecule has 0 spiro atoms. The lowest BCUT2D eigenvalue weighted by molar-refractivity contribution is 0.387. The first-order valence-corrected chi connectivity index (χ1v) is 5.58. The van der Waals surface area contributed by atoms with Gasteiger partial charge in [0.2, 0.25) is 0 Å². The van der Waals surface area contributed by atoms with Gasteiger partial charge in [0, 0.05) is 24.9 Å². The summed E-state index contributed by atoms with van der Waals surface area (Å²) in [6, 6.07) is 0. The molecule has 86 valence electrons. The molecule has 0 aliphatic carbocycles. The molecule has 1 heterocycles. The molecule has 15 heavy (non-hydrogen) atoms. The molecule has 0 atom stereocenters. The predicted molar refractivity (Wildman–Crippen MR) is 62.8 cm³/mol. The van der Waals surface area contributed by atoms with Crippen molar-refractivity contribution in [1.29, 1.82) is 0 Å². The number of unbranched alkanes of at least 4 members (excludes halogenated alkanes) is 1. The summed E-state index contributed by atoms with van der Waals surface area (Å²) >= 11 is 0. The summed E-state index contributed by atoms with van der Waals surface area (Å²) in [6.07, 6.45) is 7.17. The summed E-state index contributed by atoms with van der Waals surface area (Å²) in [5.41, 5.74) is 6.79. The Bertz CT molecular complexity index is 267. The Morgan fingerprint density at radius 3 is 2.87 bits per heavy atom. The van der Waals surface area contributed by atoms with Crippen LogP contribution in [-0.2, 0) is 13.0 Å². The van der Waals surface area contributed by atoms with Crippen LogP contribution >= 0.6 is 0 Å². The maximum Gasteiger partial charge on any atom is 0.0948 e. The van der Waals surface area contributed by atoms with Crippen molar-refractivity contribution >= 4 is 0 Å². The van der Waals surface area contributed by atoms with Crippen LogP contribution in [0.5, 0.6) is 0 Å². The average Bonchev–Trinajstić information content (AvgIpc) is 2.61. The molecule has 1 aromatic rings. The fraction of sp³-hybridized carbons (Fsp3) is 0.727. The number of hydrogen-bond donors (Lipinski definition) is 1. The van der Waals surface area contributed by atoms with E-state index >= 15 is 0 Å². The summed E-state index contributed by atoms with van der Waals surface area (Å²) in [5.74, 6) is 0. The van der Waals surface area contributed by atoms with E-state index in [1.54, 1.807) is 0 Å². The third-order valence-corrected chi connectivity index (χ3v) is 2.45. The van der Waals surface area contributed by atoms with E-state index in [9.17, 15) is 0 Å². The number of rotatable bonds is 7. The van der Waals surface area contributed by atoms with Gasteiger partial charge in [0.05, 0.1) is 6.33 Å². The molecule has 0 aliphatic rings. The first-order valence-electron chi connectivity index (χ1n) is 5.58. The van der Waals surface area contributed by atoms with Gasteiger partial charge in [-0.3, -0.25) is 0 Å². The number of hydrogen-bond acceptors (Lipinski definition) is 3. The summed E-state index contributed by atoms with van der Waals surface area (Å²) < 4.78 is 2.21. The Morgan fingerprint density at radius 1 is 1.40 bits per heavy atom. The molecule has 0 aliphatic heterocycles. The topological polar surface area (TPSA) is 47.1 Å². The molecular formula is C11H22N4. The highest BCUT2D eigenvalue weighted by Gasteiger charge is 2.00. The van der Waals surface area contributed by atoms with Gasteiger partial charge >= 0.3 is 0 Å². The molecule has 0 amide bonds. The van der Waals surface area contributed by atoms with Crippen LogP contribution < -0.4 is 5.73 Å². The molecule has 4 nitrogen and oxygen atoms in total. The lowest BCUT2D eigenvalue weighted by Crippen LogP contribution is -2.14. The molecule has 0 radical (unpaired) electrons. The van der Waals surface area contributed by atoms with Crippen LogP contribution in [-0.4, -0.2) is 41.6 Å². The highest BCUT2D eigenvalue weighted by molar-refractivity contribution is 4.98. The number of aromatic nitrogens is 2. The monoisotopic (exact) mass is 210 g/mol. The van der Waals surface area contributed by atoms with Crippen LogP contribution in [0.2, 0.25) is 0 Å². The third kappa shape index (κ3) is 4.44. The Hall–Kier alpha value is -0.870. The molecular weight excluding hydrogens is 188 g/mol. The van der Waals surface area contributed by atoms with Crippen LogP contribution in [0, 0.1) is 0 Å². The van der Waals surface area contributed by atoms with Gasteiger partial charge in [-0.25, -0.2) is 4.98 Å². The van der Waals surface area contributed by atoms with E-state index in [0.29, 0.717) is 6.54 Å². The molecule has 0 unspecified atom stereocenters. The number of imidazole rings is 1. The van der Waals surface area contributed by atoms with Gasteiger partial charge in [-0.1, -0.05) is 0 Å². The van der Waals surface area contributed by atoms with Crippen molar-refractivity contribution in [3.05, 3.63) is 18.2 Å². The molecule has 4 heteroatoms. The molecule has 2 N–H and O–H groups in total. The maximum absolute atomic E-state index is 5.54. The summed E-state index contributed by atoms with van der Waals surface area (Å²) in [7, 11) is 4.22. The van der Waals surface area contributed by atoms with E-state index in [-0.39, 0.29) is 0 Å². The van der Waals surface area contributed by atoms with Crippen molar-refractivity contribution in [2.75, 3.05) is 27.2 Å². The van der Waals surface area contributed by atoms with Crippen molar-refractivity contribution in [2.24, 2.45) is 5.73 Å². The van der Waals surface area contributed by atoms with E-state index in [0.717, 1.165) is 19.5 Å². The van der Waals surface area contributed by atoms with Crippen molar-refractivity contribution in [3.63, 3.8) is 0 Å². The number of nitrogens with two attached hydrogens (primary N) is 1. The Balaban J connectivity index is 2.27. The van der Waals surface area contributed by atoms with E-state index in [1.807, 2.05) is 12.5 Å². The first kappa shape index (κ1) is 12.2. The van der Waals surface area contributed by atoms with Crippen molar-refractivity contribution in [3.8, 4) is 0 Å². The Labute approximate surface area is 92.1 Å². The molecule has 0 fully saturated rings. The van der Waals surface area contributed by atoms with Crippen LogP contribution in [0.15, 0.2) is 12.5 Å². The van der Waals surface area contributed by atoms with Crippen molar-refractivity contribution in [2.45, 2.75) is 25.8 Å². The van der Waals surface area contributed by atoms with E-state index in [1.165, 1.54) is 18.5 Å².